The van der Waals surface area contributed by atoms with Gasteiger partial charge in [0, 0.05) is 18.4 Å². The zero-order valence-electron chi connectivity index (χ0n) is 10.9. The molecule has 0 aliphatic heterocycles. The molecule has 1 atom stereocenters. The molecule has 1 aromatic heterocycles. The van der Waals surface area contributed by atoms with Crippen LogP contribution in [-0.2, 0) is 4.79 Å². The zero-order valence-corrected chi connectivity index (χ0v) is 11.7. The summed E-state index contributed by atoms with van der Waals surface area (Å²) in [5.41, 5.74) is 0.791. The number of amides is 1. The van der Waals surface area contributed by atoms with Gasteiger partial charge in [-0.05, 0) is 12.1 Å². The first-order chi connectivity index (χ1) is 10.0. The van der Waals surface area contributed by atoms with Crippen LogP contribution in [0.4, 0.5) is 0 Å². The van der Waals surface area contributed by atoms with Gasteiger partial charge in [-0.25, -0.2) is 9.78 Å². The standard InChI is InChI=1S/C14H13ClN2O4/c15-12-7-9(8-3-1-2-4-10(8)16-12)13(19)17-11(5-6-18)14(20)21/h1-4,7,11,18H,5-6H2,(H,17,19)(H,20,21)/t11-/m0/s1. The molecular weight excluding hydrogens is 296 g/mol. The van der Waals surface area contributed by atoms with Gasteiger partial charge in [-0.1, -0.05) is 29.8 Å². The normalized spacial score (nSPS) is 12.1. The number of aliphatic hydroxyl groups excluding tert-OH is 1. The van der Waals surface area contributed by atoms with Crippen molar-refractivity contribution in [2.24, 2.45) is 0 Å². The van der Waals surface area contributed by atoms with Crippen LogP contribution in [0.1, 0.15) is 16.8 Å². The molecule has 2 rings (SSSR count). The molecule has 0 aliphatic carbocycles. The largest absolute Gasteiger partial charge is 0.480 e. The van der Waals surface area contributed by atoms with E-state index < -0.39 is 17.9 Å². The van der Waals surface area contributed by atoms with E-state index in [1.165, 1.54) is 6.07 Å². The lowest BCUT2D eigenvalue weighted by atomic mass is 10.1. The van der Waals surface area contributed by atoms with E-state index >= 15 is 0 Å². The summed E-state index contributed by atoms with van der Waals surface area (Å²) < 4.78 is 0. The van der Waals surface area contributed by atoms with Gasteiger partial charge in [0.25, 0.3) is 5.91 Å². The molecule has 21 heavy (non-hydrogen) atoms. The average molecular weight is 309 g/mol. The van der Waals surface area contributed by atoms with Crippen molar-refractivity contribution in [3.63, 3.8) is 0 Å². The quantitative estimate of drug-likeness (QED) is 0.726. The number of carboxylic acids is 1. The third-order valence-corrected chi connectivity index (χ3v) is 3.14. The molecule has 1 heterocycles. The number of rotatable bonds is 5. The minimum absolute atomic E-state index is 0.0716. The summed E-state index contributed by atoms with van der Waals surface area (Å²) in [6, 6.07) is 7.15. The third kappa shape index (κ3) is 3.48. The Morgan fingerprint density at radius 2 is 2.05 bits per heavy atom. The molecule has 0 spiro atoms. The molecule has 110 valence electrons. The van der Waals surface area contributed by atoms with Gasteiger partial charge in [0.05, 0.1) is 11.1 Å². The van der Waals surface area contributed by atoms with Gasteiger partial charge in [-0.3, -0.25) is 4.79 Å². The number of aromatic nitrogens is 1. The number of halogens is 1. The predicted octanol–water partition coefficient (Wildman–Crippen LogP) is 1.45. The molecule has 0 bridgehead atoms. The summed E-state index contributed by atoms with van der Waals surface area (Å²) in [7, 11) is 0. The van der Waals surface area contributed by atoms with Crippen molar-refractivity contribution < 1.29 is 19.8 Å². The Hall–Kier alpha value is -2.18. The van der Waals surface area contributed by atoms with Gasteiger partial charge in [0.2, 0.25) is 0 Å². The molecule has 0 saturated carbocycles. The minimum Gasteiger partial charge on any atom is -0.480 e. The van der Waals surface area contributed by atoms with Crippen molar-refractivity contribution in [2.45, 2.75) is 12.5 Å². The molecular formula is C14H13ClN2O4. The highest BCUT2D eigenvalue weighted by atomic mass is 35.5. The van der Waals surface area contributed by atoms with E-state index in [0.29, 0.717) is 10.9 Å². The number of nitrogens with one attached hydrogen (secondary N) is 1. The lowest BCUT2D eigenvalue weighted by molar-refractivity contribution is -0.139. The van der Waals surface area contributed by atoms with Crippen LogP contribution in [0, 0.1) is 0 Å². The summed E-state index contributed by atoms with van der Waals surface area (Å²) in [6.07, 6.45) is -0.0716. The van der Waals surface area contributed by atoms with Crippen molar-refractivity contribution in [2.75, 3.05) is 6.61 Å². The highest BCUT2D eigenvalue weighted by molar-refractivity contribution is 6.30. The van der Waals surface area contributed by atoms with Crippen LogP contribution < -0.4 is 5.32 Å². The highest BCUT2D eigenvalue weighted by Gasteiger charge is 2.21. The predicted molar refractivity (Wildman–Crippen MR) is 77.3 cm³/mol. The van der Waals surface area contributed by atoms with Gasteiger partial charge in [0.15, 0.2) is 0 Å². The van der Waals surface area contributed by atoms with Crippen LogP contribution in [0.5, 0.6) is 0 Å². The molecule has 2 aromatic rings. The maximum Gasteiger partial charge on any atom is 0.326 e. The third-order valence-electron chi connectivity index (χ3n) is 2.95. The van der Waals surface area contributed by atoms with Gasteiger partial charge in [-0.2, -0.15) is 0 Å². The van der Waals surface area contributed by atoms with Crippen LogP contribution in [0.25, 0.3) is 10.9 Å². The lowest BCUT2D eigenvalue weighted by Gasteiger charge is -2.14. The number of aliphatic carboxylic acids is 1. The van der Waals surface area contributed by atoms with E-state index in [1.54, 1.807) is 24.3 Å². The molecule has 6 nitrogen and oxygen atoms in total. The number of carbonyl (C=O) groups excluding carboxylic acids is 1. The van der Waals surface area contributed by atoms with Crippen molar-refractivity contribution in [1.82, 2.24) is 10.3 Å². The summed E-state index contributed by atoms with van der Waals surface area (Å²) in [5.74, 6) is -1.78. The van der Waals surface area contributed by atoms with Crippen molar-refractivity contribution >= 4 is 34.4 Å². The minimum atomic E-state index is -1.21. The number of hydrogen-bond donors (Lipinski definition) is 3. The van der Waals surface area contributed by atoms with E-state index in [-0.39, 0.29) is 23.7 Å². The number of carboxylic acid groups (broad SMARTS) is 1. The number of nitrogens with zero attached hydrogens (tertiary/aromatic N) is 1. The van der Waals surface area contributed by atoms with Crippen molar-refractivity contribution in [1.29, 1.82) is 0 Å². The Morgan fingerprint density at radius 3 is 2.71 bits per heavy atom. The van der Waals surface area contributed by atoms with E-state index in [4.69, 9.17) is 21.8 Å². The fourth-order valence-corrected chi connectivity index (χ4v) is 2.15. The van der Waals surface area contributed by atoms with Gasteiger partial charge in [-0.15, -0.1) is 0 Å². The Labute approximate surface area is 125 Å². The lowest BCUT2D eigenvalue weighted by Crippen LogP contribution is -2.41. The first kappa shape index (κ1) is 15.2. The molecule has 1 amide bonds. The van der Waals surface area contributed by atoms with Crippen LogP contribution >= 0.6 is 11.6 Å². The fourth-order valence-electron chi connectivity index (χ4n) is 1.95. The molecule has 0 unspecified atom stereocenters. The van der Waals surface area contributed by atoms with Gasteiger partial charge >= 0.3 is 5.97 Å². The Balaban J connectivity index is 2.37. The van der Waals surface area contributed by atoms with E-state index in [0.717, 1.165) is 0 Å². The zero-order chi connectivity index (χ0) is 15.4. The molecule has 0 fully saturated rings. The fraction of sp³-hybridized carbons (Fsp3) is 0.214. The van der Waals surface area contributed by atoms with Crippen LogP contribution in [0.15, 0.2) is 30.3 Å². The average Bonchev–Trinajstić information content (AvgIpc) is 2.45. The van der Waals surface area contributed by atoms with Crippen molar-refractivity contribution in [3.05, 3.63) is 41.0 Å². The topological polar surface area (TPSA) is 99.5 Å². The smallest absolute Gasteiger partial charge is 0.326 e. The second-order valence-corrected chi connectivity index (χ2v) is 4.77. The van der Waals surface area contributed by atoms with Crippen molar-refractivity contribution in [3.8, 4) is 0 Å². The number of benzene rings is 1. The summed E-state index contributed by atoms with van der Waals surface area (Å²) in [4.78, 5) is 27.4. The van der Waals surface area contributed by atoms with E-state index in [1.807, 2.05) is 0 Å². The van der Waals surface area contributed by atoms with Gasteiger partial charge in [0.1, 0.15) is 11.2 Å². The second kappa shape index (κ2) is 6.51. The van der Waals surface area contributed by atoms with Gasteiger partial charge < -0.3 is 15.5 Å². The SMILES string of the molecule is O=C(N[C@@H](CCO)C(=O)O)c1cc(Cl)nc2ccccc12. The molecule has 0 radical (unpaired) electrons. The number of carbonyl (C=O) groups is 2. The Kier molecular flexibility index (Phi) is 4.72. The molecule has 0 aliphatic rings. The van der Waals surface area contributed by atoms with E-state index in [2.05, 4.69) is 10.3 Å². The maximum atomic E-state index is 12.3. The summed E-state index contributed by atoms with van der Waals surface area (Å²) in [5, 5.41) is 20.9. The second-order valence-electron chi connectivity index (χ2n) is 4.39. The van der Waals surface area contributed by atoms with Crippen LogP contribution in [0.2, 0.25) is 5.15 Å². The van der Waals surface area contributed by atoms with Crippen LogP contribution in [-0.4, -0.2) is 39.7 Å². The molecule has 3 N–H and O–H groups in total. The molecule has 7 heteroatoms. The molecule has 0 saturated heterocycles. The monoisotopic (exact) mass is 308 g/mol. The number of pyridine rings is 1. The summed E-state index contributed by atoms with van der Waals surface area (Å²) in [6.45, 7) is -0.338. The maximum absolute atomic E-state index is 12.3. The Morgan fingerprint density at radius 1 is 1.33 bits per heavy atom. The van der Waals surface area contributed by atoms with E-state index in [9.17, 15) is 9.59 Å². The number of para-hydroxylation sites is 1. The first-order valence-electron chi connectivity index (χ1n) is 6.22. The molecule has 1 aromatic carbocycles. The summed E-state index contributed by atoms with van der Waals surface area (Å²) >= 11 is 5.88. The van der Waals surface area contributed by atoms with Crippen LogP contribution in [0.3, 0.4) is 0 Å². The Bertz CT molecular complexity index is 690. The number of fused-ring (bicyclic) bond motifs is 1. The number of aliphatic hydroxyl groups is 1. The number of hydrogen-bond acceptors (Lipinski definition) is 4. The highest BCUT2D eigenvalue weighted by Crippen LogP contribution is 2.20. The first-order valence-corrected chi connectivity index (χ1v) is 6.60.